The van der Waals surface area contributed by atoms with Crippen molar-refractivity contribution in [1.82, 2.24) is 4.57 Å². The minimum atomic E-state index is -1.37. The third kappa shape index (κ3) is 3.63. The van der Waals surface area contributed by atoms with Crippen LogP contribution in [0, 0.1) is 0 Å². The van der Waals surface area contributed by atoms with Crippen molar-refractivity contribution in [1.29, 1.82) is 0 Å². The number of hydrogen-bond acceptors (Lipinski definition) is 5. The van der Waals surface area contributed by atoms with Crippen LogP contribution in [0.2, 0.25) is 0 Å². The average Bonchev–Trinajstić information content (AvgIpc) is 3.08. The molecule has 4 N–H and O–H groups in total. The second kappa shape index (κ2) is 7.68. The van der Waals surface area contributed by atoms with Gasteiger partial charge < -0.3 is 29.7 Å². The van der Waals surface area contributed by atoms with Crippen molar-refractivity contribution >= 4 is 0 Å². The van der Waals surface area contributed by atoms with Gasteiger partial charge in [-0.15, -0.1) is 0 Å². The summed E-state index contributed by atoms with van der Waals surface area (Å²) < 4.78 is 7.60. The van der Waals surface area contributed by atoms with Crippen LogP contribution in [0.3, 0.4) is 0 Å². The van der Waals surface area contributed by atoms with E-state index in [0.29, 0.717) is 12.2 Å². The van der Waals surface area contributed by atoms with E-state index < -0.39 is 37.1 Å². The van der Waals surface area contributed by atoms with E-state index in [1.54, 1.807) is 0 Å². The molecule has 0 saturated carbocycles. The SMILES string of the molecule is CCc1ccc(Cn2cccc2C2OC(CO)C(O)C(O)C2O)cc1. The summed E-state index contributed by atoms with van der Waals surface area (Å²) in [7, 11) is 0. The van der Waals surface area contributed by atoms with Crippen LogP contribution in [0.5, 0.6) is 0 Å². The quantitative estimate of drug-likeness (QED) is 0.636. The number of nitrogens with zero attached hydrogens (tertiary/aromatic N) is 1. The molecule has 0 amide bonds. The smallest absolute Gasteiger partial charge is 0.126 e. The van der Waals surface area contributed by atoms with E-state index in [9.17, 15) is 20.4 Å². The van der Waals surface area contributed by atoms with Crippen LogP contribution in [0.25, 0.3) is 0 Å². The zero-order chi connectivity index (χ0) is 18.0. The fraction of sp³-hybridized carbons (Fsp3) is 0.474. The molecule has 1 saturated heterocycles. The van der Waals surface area contributed by atoms with Gasteiger partial charge in [-0.2, -0.15) is 0 Å². The van der Waals surface area contributed by atoms with E-state index >= 15 is 0 Å². The summed E-state index contributed by atoms with van der Waals surface area (Å²) in [5, 5.41) is 39.6. The molecule has 5 atom stereocenters. The second-order valence-corrected chi connectivity index (χ2v) is 6.48. The molecule has 1 aliphatic heterocycles. The number of aliphatic hydroxyl groups excluding tert-OH is 4. The molecule has 136 valence electrons. The predicted molar refractivity (Wildman–Crippen MR) is 92.1 cm³/mol. The first-order valence-corrected chi connectivity index (χ1v) is 8.58. The molecule has 25 heavy (non-hydrogen) atoms. The molecule has 1 aliphatic rings. The minimum Gasteiger partial charge on any atom is -0.394 e. The highest BCUT2D eigenvalue weighted by molar-refractivity contribution is 5.24. The summed E-state index contributed by atoms with van der Waals surface area (Å²) in [4.78, 5) is 0. The number of ether oxygens (including phenoxy) is 1. The Hall–Kier alpha value is -1.70. The Morgan fingerprint density at radius 3 is 2.28 bits per heavy atom. The molecule has 0 spiro atoms. The topological polar surface area (TPSA) is 95.1 Å². The first-order chi connectivity index (χ1) is 12.0. The van der Waals surface area contributed by atoms with Gasteiger partial charge in [-0.25, -0.2) is 0 Å². The Morgan fingerprint density at radius 2 is 1.64 bits per heavy atom. The zero-order valence-electron chi connectivity index (χ0n) is 14.2. The number of hydrogen-bond donors (Lipinski definition) is 4. The van der Waals surface area contributed by atoms with E-state index in [1.165, 1.54) is 5.56 Å². The summed E-state index contributed by atoms with van der Waals surface area (Å²) in [6.45, 7) is 2.28. The maximum absolute atomic E-state index is 10.3. The van der Waals surface area contributed by atoms with Crippen molar-refractivity contribution < 1.29 is 25.2 Å². The summed E-state index contributed by atoms with van der Waals surface area (Å²) in [5.74, 6) is 0. The van der Waals surface area contributed by atoms with Gasteiger partial charge in [0, 0.05) is 18.4 Å². The molecule has 6 nitrogen and oxygen atoms in total. The highest BCUT2D eigenvalue weighted by Gasteiger charge is 2.44. The molecule has 2 aromatic rings. The maximum atomic E-state index is 10.3. The highest BCUT2D eigenvalue weighted by atomic mass is 16.5. The molecular weight excluding hydrogens is 322 g/mol. The van der Waals surface area contributed by atoms with Gasteiger partial charge in [0.05, 0.1) is 6.61 Å². The van der Waals surface area contributed by atoms with Crippen molar-refractivity contribution in [3.8, 4) is 0 Å². The number of aliphatic hydroxyl groups is 4. The maximum Gasteiger partial charge on any atom is 0.126 e. The Labute approximate surface area is 146 Å². The Bertz CT molecular complexity index is 681. The third-order valence-corrected chi connectivity index (χ3v) is 4.83. The van der Waals surface area contributed by atoms with Crippen LogP contribution in [-0.2, 0) is 17.7 Å². The van der Waals surface area contributed by atoms with Gasteiger partial charge in [0.25, 0.3) is 0 Å². The van der Waals surface area contributed by atoms with Crippen LogP contribution in [0.4, 0.5) is 0 Å². The molecule has 6 heteroatoms. The van der Waals surface area contributed by atoms with Crippen LogP contribution >= 0.6 is 0 Å². The standard InChI is InChI=1S/C19H25NO5/c1-2-12-5-7-13(8-6-12)10-20-9-3-4-14(20)19-18(24)17(23)16(22)15(11-21)25-19/h3-9,15-19,21-24H,2,10-11H2,1H3. The molecule has 3 rings (SSSR count). The first kappa shape index (κ1) is 18.1. The van der Waals surface area contributed by atoms with Gasteiger partial charge in [0.2, 0.25) is 0 Å². The summed E-state index contributed by atoms with van der Waals surface area (Å²) >= 11 is 0. The number of benzene rings is 1. The van der Waals surface area contributed by atoms with E-state index in [2.05, 4.69) is 31.2 Å². The molecule has 0 bridgehead atoms. The molecule has 1 fully saturated rings. The van der Waals surface area contributed by atoms with Crippen molar-refractivity contribution in [2.75, 3.05) is 6.61 Å². The lowest BCUT2D eigenvalue weighted by atomic mass is 9.93. The number of aromatic nitrogens is 1. The van der Waals surface area contributed by atoms with Gasteiger partial charge in [-0.3, -0.25) is 0 Å². The summed E-state index contributed by atoms with van der Waals surface area (Å²) in [5.41, 5.74) is 3.07. The molecule has 1 aromatic carbocycles. The predicted octanol–water partition coefficient (Wildman–Crippen LogP) is 0.614. The summed E-state index contributed by atoms with van der Waals surface area (Å²) in [6.07, 6.45) is -2.85. The van der Waals surface area contributed by atoms with Crippen molar-refractivity contribution in [2.24, 2.45) is 0 Å². The Kier molecular flexibility index (Phi) is 5.56. The van der Waals surface area contributed by atoms with Crippen LogP contribution in [0.1, 0.15) is 29.8 Å². The Morgan fingerprint density at radius 1 is 0.960 bits per heavy atom. The molecule has 0 radical (unpaired) electrons. The first-order valence-electron chi connectivity index (χ1n) is 8.58. The van der Waals surface area contributed by atoms with Gasteiger partial charge >= 0.3 is 0 Å². The summed E-state index contributed by atoms with van der Waals surface area (Å²) in [6, 6.07) is 12.0. The monoisotopic (exact) mass is 347 g/mol. The van der Waals surface area contributed by atoms with E-state index in [4.69, 9.17) is 4.74 Å². The fourth-order valence-electron chi connectivity index (χ4n) is 3.25. The second-order valence-electron chi connectivity index (χ2n) is 6.48. The molecule has 2 heterocycles. The lowest BCUT2D eigenvalue weighted by Gasteiger charge is -2.40. The van der Waals surface area contributed by atoms with Gasteiger partial charge in [-0.05, 0) is 29.7 Å². The Balaban J connectivity index is 1.82. The molecule has 5 unspecified atom stereocenters. The third-order valence-electron chi connectivity index (χ3n) is 4.83. The number of aryl methyl sites for hydroxylation is 1. The lowest BCUT2D eigenvalue weighted by Crippen LogP contribution is -2.55. The van der Waals surface area contributed by atoms with E-state index in [-0.39, 0.29) is 0 Å². The van der Waals surface area contributed by atoms with Crippen LogP contribution < -0.4 is 0 Å². The molecule has 0 aliphatic carbocycles. The normalized spacial score (nSPS) is 29.7. The average molecular weight is 347 g/mol. The van der Waals surface area contributed by atoms with Crippen molar-refractivity contribution in [3.63, 3.8) is 0 Å². The van der Waals surface area contributed by atoms with Gasteiger partial charge in [-0.1, -0.05) is 31.2 Å². The molecular formula is C19H25NO5. The lowest BCUT2D eigenvalue weighted by molar-refractivity contribution is -0.233. The van der Waals surface area contributed by atoms with Crippen LogP contribution in [-0.4, -0.2) is 56.0 Å². The molecule has 1 aromatic heterocycles. The van der Waals surface area contributed by atoms with E-state index in [0.717, 1.165) is 12.0 Å². The van der Waals surface area contributed by atoms with Gasteiger partial charge in [0.1, 0.15) is 30.5 Å². The van der Waals surface area contributed by atoms with Crippen molar-refractivity contribution in [3.05, 3.63) is 59.4 Å². The highest BCUT2D eigenvalue weighted by Crippen LogP contribution is 2.32. The largest absolute Gasteiger partial charge is 0.394 e. The minimum absolute atomic E-state index is 0.430. The number of rotatable bonds is 5. The van der Waals surface area contributed by atoms with Crippen LogP contribution in [0.15, 0.2) is 42.6 Å². The van der Waals surface area contributed by atoms with Crippen molar-refractivity contribution in [2.45, 2.75) is 50.4 Å². The van der Waals surface area contributed by atoms with Gasteiger partial charge in [0.15, 0.2) is 0 Å². The van der Waals surface area contributed by atoms with E-state index in [1.807, 2.05) is 22.9 Å². The zero-order valence-corrected chi connectivity index (χ0v) is 14.2. The fourth-order valence-corrected chi connectivity index (χ4v) is 3.25.